The molecule has 0 aromatic heterocycles. The van der Waals surface area contributed by atoms with Gasteiger partial charge in [0, 0.05) is 11.1 Å². The van der Waals surface area contributed by atoms with Gasteiger partial charge >= 0.3 is 0 Å². The Morgan fingerprint density at radius 3 is 2.54 bits per heavy atom. The summed E-state index contributed by atoms with van der Waals surface area (Å²) in [6, 6.07) is 18.5. The van der Waals surface area contributed by atoms with Gasteiger partial charge in [0.25, 0.3) is 0 Å². The van der Waals surface area contributed by atoms with Crippen LogP contribution in [0.25, 0.3) is 11.1 Å². The summed E-state index contributed by atoms with van der Waals surface area (Å²) in [5, 5.41) is 9.53. The number of phenolic OH excluding ortho intramolecular Hbond substituents is 1. The van der Waals surface area contributed by atoms with Crippen LogP contribution >= 0.6 is 0 Å². The predicted octanol–water partition coefficient (Wildman–Crippen LogP) is 2.66. The molecule has 0 aliphatic heterocycles. The van der Waals surface area contributed by atoms with Gasteiger partial charge in [-0.05, 0) is 18.2 Å². The van der Waals surface area contributed by atoms with E-state index in [-0.39, 0.29) is 5.75 Å². The van der Waals surface area contributed by atoms with E-state index in [4.69, 9.17) is 0 Å². The van der Waals surface area contributed by atoms with Crippen molar-refractivity contribution < 1.29 is 5.11 Å². The minimum atomic E-state index is 0.276. The molecule has 0 spiro atoms. The zero-order valence-corrected chi connectivity index (χ0v) is 6.99. The molecule has 0 radical (unpaired) electrons. The average molecular weight is 168 g/mol. The number of benzene rings is 1. The molecule has 1 heteroatoms. The summed E-state index contributed by atoms with van der Waals surface area (Å²) < 4.78 is 0. The molecule has 0 aliphatic carbocycles. The highest BCUT2D eigenvalue weighted by molar-refractivity contribution is 5.68. The maximum absolute atomic E-state index is 9.53. The first-order chi connectivity index (χ1) is 6.38. The molecular weight excluding hydrogens is 160 g/mol. The molecule has 0 bridgehead atoms. The molecule has 0 amide bonds. The van der Waals surface area contributed by atoms with Crippen molar-refractivity contribution >= 4 is 0 Å². The van der Waals surface area contributed by atoms with E-state index in [0.717, 1.165) is 11.1 Å². The lowest BCUT2D eigenvalue weighted by Crippen LogP contribution is -1.75. The normalized spacial score (nSPS) is 9.23. The monoisotopic (exact) mass is 168 g/mol. The minimum absolute atomic E-state index is 0.276. The van der Waals surface area contributed by atoms with Crippen LogP contribution in [0.1, 0.15) is 0 Å². The van der Waals surface area contributed by atoms with Crippen molar-refractivity contribution in [2.75, 3.05) is 0 Å². The number of rotatable bonds is 1. The second kappa shape index (κ2) is 3.20. The Morgan fingerprint density at radius 1 is 1.00 bits per heavy atom. The van der Waals surface area contributed by atoms with Crippen LogP contribution in [0.15, 0.2) is 42.5 Å². The summed E-state index contributed by atoms with van der Waals surface area (Å²) in [6.45, 7) is 0. The summed E-state index contributed by atoms with van der Waals surface area (Å²) in [5.74, 6) is 0.276. The van der Waals surface area contributed by atoms with Crippen LogP contribution in [0, 0.1) is 12.1 Å². The first-order valence-electron chi connectivity index (χ1n) is 4.04. The van der Waals surface area contributed by atoms with Gasteiger partial charge in [-0.2, -0.15) is 0 Å². The Morgan fingerprint density at radius 2 is 1.85 bits per heavy atom. The fourth-order valence-electron chi connectivity index (χ4n) is 1.21. The summed E-state index contributed by atoms with van der Waals surface area (Å²) in [6.07, 6.45) is 0. The van der Waals surface area contributed by atoms with Crippen molar-refractivity contribution in [1.29, 1.82) is 0 Å². The smallest absolute Gasteiger partial charge is 0.124 e. The third-order valence-corrected chi connectivity index (χ3v) is 1.84. The van der Waals surface area contributed by atoms with Crippen LogP contribution < -0.4 is 0 Å². The minimum Gasteiger partial charge on any atom is -0.507 e. The summed E-state index contributed by atoms with van der Waals surface area (Å²) in [4.78, 5) is 0. The van der Waals surface area contributed by atoms with Crippen LogP contribution in [-0.2, 0) is 0 Å². The van der Waals surface area contributed by atoms with Crippen LogP contribution in [-0.4, -0.2) is 5.11 Å². The molecule has 13 heavy (non-hydrogen) atoms. The molecule has 2 aromatic rings. The lowest BCUT2D eigenvalue weighted by molar-refractivity contribution is 0.477. The van der Waals surface area contributed by atoms with Crippen LogP contribution in [0.3, 0.4) is 0 Å². The maximum atomic E-state index is 9.53. The third kappa shape index (κ3) is 1.47. The van der Waals surface area contributed by atoms with E-state index in [1.807, 2.05) is 24.3 Å². The molecular formula is C12H8O. The zero-order chi connectivity index (χ0) is 9.10. The number of aromatic hydroxyl groups is 1. The Balaban J connectivity index is 2.54. The number of para-hydroxylation sites is 1. The first-order valence-corrected chi connectivity index (χ1v) is 4.04. The Labute approximate surface area is 77.3 Å². The van der Waals surface area contributed by atoms with Gasteiger partial charge in [-0.1, -0.05) is 36.4 Å². The van der Waals surface area contributed by atoms with Gasteiger partial charge in [0.05, 0.1) is 0 Å². The van der Waals surface area contributed by atoms with E-state index in [0.29, 0.717) is 0 Å². The van der Waals surface area contributed by atoms with Crippen LogP contribution in [0.5, 0.6) is 5.75 Å². The lowest BCUT2D eigenvalue weighted by Gasteiger charge is -2.00. The van der Waals surface area contributed by atoms with Gasteiger partial charge in [0.2, 0.25) is 0 Å². The lowest BCUT2D eigenvalue weighted by atomic mass is 10.1. The van der Waals surface area contributed by atoms with Gasteiger partial charge in [0.15, 0.2) is 0 Å². The quantitative estimate of drug-likeness (QED) is 0.694. The molecule has 0 atom stereocenters. The predicted molar refractivity (Wildman–Crippen MR) is 51.2 cm³/mol. The van der Waals surface area contributed by atoms with E-state index in [2.05, 4.69) is 12.1 Å². The Hall–Kier alpha value is -1.94. The number of phenols is 1. The topological polar surface area (TPSA) is 20.2 Å². The third-order valence-electron chi connectivity index (χ3n) is 1.84. The van der Waals surface area contributed by atoms with Gasteiger partial charge in [-0.15, -0.1) is 0 Å². The van der Waals surface area contributed by atoms with E-state index in [1.165, 1.54) is 0 Å². The molecule has 2 aromatic carbocycles. The largest absolute Gasteiger partial charge is 0.507 e. The molecule has 0 heterocycles. The summed E-state index contributed by atoms with van der Waals surface area (Å²) in [7, 11) is 0. The molecule has 0 unspecified atom stereocenters. The summed E-state index contributed by atoms with van der Waals surface area (Å²) in [5.41, 5.74) is 1.65. The van der Waals surface area contributed by atoms with E-state index in [1.54, 1.807) is 18.2 Å². The van der Waals surface area contributed by atoms with Gasteiger partial charge in [-0.3, -0.25) is 0 Å². The molecule has 1 nitrogen and oxygen atoms in total. The molecule has 2 rings (SSSR count). The fourth-order valence-corrected chi connectivity index (χ4v) is 1.21. The fraction of sp³-hybridized carbons (Fsp3) is 0. The van der Waals surface area contributed by atoms with Gasteiger partial charge in [0.1, 0.15) is 5.75 Å². The van der Waals surface area contributed by atoms with Gasteiger partial charge < -0.3 is 5.11 Å². The second-order valence-electron chi connectivity index (χ2n) is 2.73. The number of hydrogen-bond acceptors (Lipinski definition) is 1. The maximum Gasteiger partial charge on any atom is 0.124 e. The van der Waals surface area contributed by atoms with Crippen molar-refractivity contribution in [3.05, 3.63) is 54.6 Å². The van der Waals surface area contributed by atoms with Gasteiger partial charge in [-0.25, -0.2) is 0 Å². The summed E-state index contributed by atoms with van der Waals surface area (Å²) >= 11 is 0. The number of hydrogen-bond donors (Lipinski definition) is 1. The average Bonchev–Trinajstić information content (AvgIpc) is 2.20. The Kier molecular flexibility index (Phi) is 1.90. The van der Waals surface area contributed by atoms with Crippen molar-refractivity contribution in [1.82, 2.24) is 0 Å². The van der Waals surface area contributed by atoms with Crippen molar-refractivity contribution in [2.45, 2.75) is 0 Å². The first kappa shape index (κ1) is 7.70. The molecule has 0 aliphatic rings. The Bertz CT molecular complexity index is 393. The second-order valence-corrected chi connectivity index (χ2v) is 2.73. The van der Waals surface area contributed by atoms with E-state index >= 15 is 0 Å². The highest BCUT2D eigenvalue weighted by Crippen LogP contribution is 2.26. The molecule has 1 N–H and O–H groups in total. The van der Waals surface area contributed by atoms with E-state index < -0.39 is 0 Å². The highest BCUT2D eigenvalue weighted by atomic mass is 16.3. The molecule has 0 saturated heterocycles. The highest BCUT2D eigenvalue weighted by Gasteiger charge is 2.00. The molecule has 0 fully saturated rings. The van der Waals surface area contributed by atoms with Crippen molar-refractivity contribution in [3.63, 3.8) is 0 Å². The standard InChI is InChI=1S/C12H8O/c13-12-9-5-4-8-11(12)10-6-2-1-3-7-10/h1-2,4-6,8-9,13H. The zero-order valence-electron chi connectivity index (χ0n) is 6.99. The molecule has 0 saturated carbocycles. The van der Waals surface area contributed by atoms with Crippen LogP contribution in [0.2, 0.25) is 0 Å². The van der Waals surface area contributed by atoms with Crippen LogP contribution in [0.4, 0.5) is 0 Å². The van der Waals surface area contributed by atoms with Crippen molar-refractivity contribution in [3.8, 4) is 16.9 Å². The SMILES string of the molecule is Oc1ccccc1-c1c#cccc1. The van der Waals surface area contributed by atoms with Crippen molar-refractivity contribution in [2.24, 2.45) is 0 Å². The molecule has 62 valence electrons. The van der Waals surface area contributed by atoms with E-state index in [9.17, 15) is 5.11 Å².